The van der Waals surface area contributed by atoms with Gasteiger partial charge in [-0.1, -0.05) is 0 Å². The van der Waals surface area contributed by atoms with Gasteiger partial charge in [0.05, 0.1) is 18.0 Å². The number of ether oxygens (including phenoxy) is 1. The lowest BCUT2D eigenvalue weighted by atomic mass is 10.0. The third-order valence-electron chi connectivity index (χ3n) is 3.73. The third kappa shape index (κ3) is 2.22. The summed E-state index contributed by atoms with van der Waals surface area (Å²) in [4.78, 5) is 12.7. The molecule has 3 aromatic rings. The number of pyridine rings is 1. The molecule has 0 saturated heterocycles. The van der Waals surface area contributed by atoms with Crippen molar-refractivity contribution in [3.63, 3.8) is 0 Å². The van der Waals surface area contributed by atoms with E-state index in [-0.39, 0.29) is 11.9 Å². The van der Waals surface area contributed by atoms with Crippen LogP contribution in [0.15, 0.2) is 42.9 Å². The lowest BCUT2D eigenvalue weighted by Gasteiger charge is -2.27. The number of hydrogen-bond donors (Lipinski definition) is 1. The van der Waals surface area contributed by atoms with Crippen molar-refractivity contribution >= 4 is 16.9 Å². The maximum absolute atomic E-state index is 13.5. The van der Waals surface area contributed by atoms with E-state index in [0.717, 1.165) is 17.4 Å². The fraction of sp³-hybridized carbons (Fsp3) is 0.188. The number of benzene rings is 1. The van der Waals surface area contributed by atoms with Crippen LogP contribution in [-0.2, 0) is 0 Å². The summed E-state index contributed by atoms with van der Waals surface area (Å²) in [6, 6.07) is 8.28. The molecule has 3 heterocycles. The molecular formula is C16H13FN4O. The molecule has 0 aliphatic carbocycles. The van der Waals surface area contributed by atoms with Crippen molar-refractivity contribution in [1.29, 1.82) is 0 Å². The van der Waals surface area contributed by atoms with Crippen molar-refractivity contribution in [2.24, 2.45) is 0 Å². The van der Waals surface area contributed by atoms with E-state index >= 15 is 0 Å². The SMILES string of the molecule is Fc1ccc2c(c1)C(Nc1ncnc3ncccc13)CCO2. The van der Waals surface area contributed by atoms with Gasteiger partial charge in [0, 0.05) is 18.2 Å². The molecule has 1 N–H and O–H groups in total. The molecule has 1 aliphatic rings. The van der Waals surface area contributed by atoms with Crippen molar-refractivity contribution < 1.29 is 9.13 Å². The van der Waals surface area contributed by atoms with Crippen LogP contribution in [0, 0.1) is 5.82 Å². The topological polar surface area (TPSA) is 59.9 Å². The maximum atomic E-state index is 13.5. The van der Waals surface area contributed by atoms with Gasteiger partial charge in [-0.25, -0.2) is 19.3 Å². The first-order valence-electron chi connectivity index (χ1n) is 7.06. The summed E-state index contributed by atoms with van der Waals surface area (Å²) < 4.78 is 19.1. The van der Waals surface area contributed by atoms with Gasteiger partial charge in [0.2, 0.25) is 0 Å². The maximum Gasteiger partial charge on any atom is 0.164 e. The van der Waals surface area contributed by atoms with Crippen LogP contribution in [0.25, 0.3) is 11.0 Å². The average molecular weight is 296 g/mol. The standard InChI is InChI=1S/C16H13FN4O/c17-10-3-4-14-12(8-10)13(5-7-22-14)21-16-11-2-1-6-18-15(11)19-9-20-16/h1-4,6,8-9,13H,5,7H2,(H,18,19,20,21). The van der Waals surface area contributed by atoms with Crippen LogP contribution >= 0.6 is 0 Å². The lowest BCUT2D eigenvalue weighted by molar-refractivity contribution is 0.273. The summed E-state index contributed by atoms with van der Waals surface area (Å²) in [5.41, 5.74) is 1.44. The quantitative estimate of drug-likeness (QED) is 0.787. The van der Waals surface area contributed by atoms with Gasteiger partial charge in [-0.05, 0) is 30.3 Å². The Hall–Kier alpha value is -2.76. The first kappa shape index (κ1) is 12.9. The predicted octanol–water partition coefficient (Wildman–Crippen LogP) is 3.10. The number of rotatable bonds is 2. The zero-order chi connectivity index (χ0) is 14.9. The third-order valence-corrected chi connectivity index (χ3v) is 3.73. The van der Waals surface area contributed by atoms with Crippen LogP contribution in [0.1, 0.15) is 18.0 Å². The molecule has 0 fully saturated rings. The molecule has 4 rings (SSSR count). The van der Waals surface area contributed by atoms with Crippen molar-refractivity contribution in [3.8, 4) is 5.75 Å². The molecule has 0 bridgehead atoms. The van der Waals surface area contributed by atoms with Gasteiger partial charge < -0.3 is 10.1 Å². The number of aromatic nitrogens is 3. The molecule has 1 atom stereocenters. The fourth-order valence-corrected chi connectivity index (χ4v) is 2.69. The minimum Gasteiger partial charge on any atom is -0.493 e. The van der Waals surface area contributed by atoms with E-state index in [4.69, 9.17) is 4.74 Å². The van der Waals surface area contributed by atoms with E-state index in [9.17, 15) is 4.39 Å². The molecule has 1 aliphatic heterocycles. The molecule has 6 heteroatoms. The molecule has 5 nitrogen and oxygen atoms in total. The highest BCUT2D eigenvalue weighted by Crippen LogP contribution is 2.35. The molecule has 110 valence electrons. The van der Waals surface area contributed by atoms with E-state index in [1.165, 1.54) is 18.5 Å². The molecule has 0 spiro atoms. The van der Waals surface area contributed by atoms with Crippen LogP contribution < -0.4 is 10.1 Å². The first-order valence-corrected chi connectivity index (χ1v) is 7.06. The summed E-state index contributed by atoms with van der Waals surface area (Å²) in [5, 5.41) is 4.21. The Labute approximate surface area is 126 Å². The van der Waals surface area contributed by atoms with Gasteiger partial charge in [0.15, 0.2) is 5.65 Å². The lowest BCUT2D eigenvalue weighted by Crippen LogP contribution is -2.21. The van der Waals surface area contributed by atoms with Gasteiger partial charge in [-0.3, -0.25) is 0 Å². The van der Waals surface area contributed by atoms with Crippen LogP contribution in [0.4, 0.5) is 10.2 Å². The van der Waals surface area contributed by atoms with Crippen molar-refractivity contribution in [1.82, 2.24) is 15.0 Å². The minimum atomic E-state index is -0.273. The number of fused-ring (bicyclic) bond motifs is 2. The summed E-state index contributed by atoms with van der Waals surface area (Å²) in [6.07, 6.45) is 3.91. The summed E-state index contributed by atoms with van der Waals surface area (Å²) in [6.45, 7) is 0.581. The summed E-state index contributed by atoms with van der Waals surface area (Å²) in [5.74, 6) is 1.13. The van der Waals surface area contributed by atoms with Crippen molar-refractivity contribution in [2.45, 2.75) is 12.5 Å². The number of nitrogens with zero attached hydrogens (tertiary/aromatic N) is 3. The van der Waals surface area contributed by atoms with Crippen LogP contribution in [0.5, 0.6) is 5.75 Å². The van der Waals surface area contributed by atoms with Gasteiger partial charge in [0.1, 0.15) is 23.7 Å². The minimum absolute atomic E-state index is 0.0576. The summed E-state index contributed by atoms with van der Waals surface area (Å²) >= 11 is 0. The van der Waals surface area contributed by atoms with Gasteiger partial charge >= 0.3 is 0 Å². The van der Waals surface area contributed by atoms with Gasteiger partial charge in [-0.2, -0.15) is 0 Å². The Morgan fingerprint density at radius 1 is 1.18 bits per heavy atom. The zero-order valence-electron chi connectivity index (χ0n) is 11.7. The smallest absolute Gasteiger partial charge is 0.164 e. The van der Waals surface area contributed by atoms with Gasteiger partial charge in [0.25, 0.3) is 0 Å². The molecule has 1 unspecified atom stereocenters. The van der Waals surface area contributed by atoms with E-state index in [2.05, 4.69) is 20.3 Å². The molecule has 0 radical (unpaired) electrons. The Morgan fingerprint density at radius 2 is 2.14 bits per heavy atom. The molecular weight excluding hydrogens is 283 g/mol. The predicted molar refractivity (Wildman–Crippen MR) is 80.2 cm³/mol. The van der Waals surface area contributed by atoms with Crippen LogP contribution in [-0.4, -0.2) is 21.6 Å². The van der Waals surface area contributed by atoms with Crippen LogP contribution in [0.2, 0.25) is 0 Å². The molecule has 0 saturated carbocycles. The largest absolute Gasteiger partial charge is 0.493 e. The average Bonchev–Trinajstić information content (AvgIpc) is 2.56. The second kappa shape index (κ2) is 5.22. The number of halogens is 1. The van der Waals surface area contributed by atoms with Crippen molar-refractivity contribution in [3.05, 3.63) is 54.2 Å². The zero-order valence-corrected chi connectivity index (χ0v) is 11.7. The Kier molecular flexibility index (Phi) is 3.07. The highest BCUT2D eigenvalue weighted by Gasteiger charge is 2.23. The fourth-order valence-electron chi connectivity index (χ4n) is 2.69. The summed E-state index contributed by atoms with van der Waals surface area (Å²) in [7, 11) is 0. The van der Waals surface area contributed by atoms with E-state index < -0.39 is 0 Å². The molecule has 1 aromatic carbocycles. The number of hydrogen-bond acceptors (Lipinski definition) is 5. The highest BCUT2D eigenvalue weighted by atomic mass is 19.1. The Bertz CT molecular complexity index is 834. The normalized spacial score (nSPS) is 16.9. The van der Waals surface area contributed by atoms with E-state index in [1.54, 1.807) is 12.3 Å². The molecule has 0 amide bonds. The van der Waals surface area contributed by atoms with E-state index in [0.29, 0.717) is 23.8 Å². The second-order valence-corrected chi connectivity index (χ2v) is 5.11. The number of nitrogens with one attached hydrogen (secondary N) is 1. The first-order chi connectivity index (χ1) is 10.8. The molecule has 2 aromatic heterocycles. The molecule has 22 heavy (non-hydrogen) atoms. The highest BCUT2D eigenvalue weighted by molar-refractivity contribution is 5.86. The monoisotopic (exact) mass is 296 g/mol. The second-order valence-electron chi connectivity index (χ2n) is 5.11. The van der Waals surface area contributed by atoms with Crippen molar-refractivity contribution in [2.75, 3.05) is 11.9 Å². The Morgan fingerprint density at radius 3 is 3.09 bits per heavy atom. The Balaban J connectivity index is 1.74. The van der Waals surface area contributed by atoms with Crippen LogP contribution in [0.3, 0.4) is 0 Å². The van der Waals surface area contributed by atoms with Gasteiger partial charge in [-0.15, -0.1) is 0 Å². The number of anilines is 1. The van der Waals surface area contributed by atoms with E-state index in [1.807, 2.05) is 12.1 Å².